The summed E-state index contributed by atoms with van der Waals surface area (Å²) in [5, 5.41) is 0. The van der Waals surface area contributed by atoms with Gasteiger partial charge in [-0.3, -0.25) is 4.79 Å². The van der Waals surface area contributed by atoms with E-state index in [2.05, 4.69) is 3.28 Å². The van der Waals surface area contributed by atoms with E-state index in [0.717, 1.165) is 23.3 Å². The molecular formula is CO2S2. The molecule has 0 radical (unpaired) electrons. The Bertz CT molecular complexity index is 122. The Morgan fingerprint density at radius 3 is 2.00 bits per heavy atom. The summed E-state index contributed by atoms with van der Waals surface area (Å²) in [5.74, 6) is 0. The molecule has 0 bridgehead atoms. The Balaban J connectivity index is 3.29. The van der Waals surface area contributed by atoms with E-state index in [1.165, 1.54) is 0 Å². The third-order valence-electron chi connectivity index (χ3n) is 0.204. The smallest absolute Gasteiger partial charge is 0.334 e. The van der Waals surface area contributed by atoms with Gasteiger partial charge >= 0.3 is 4.06 Å². The third-order valence-corrected chi connectivity index (χ3v) is 1.43. The maximum Gasteiger partial charge on any atom is 0.356 e. The van der Waals surface area contributed by atoms with Crippen LogP contribution >= 0.6 is 23.3 Å². The molecule has 2 nitrogen and oxygen atoms in total. The van der Waals surface area contributed by atoms with E-state index in [1.54, 1.807) is 0 Å². The molecule has 0 saturated carbocycles. The van der Waals surface area contributed by atoms with Crippen LogP contribution in [0, 0.1) is 0 Å². The first-order chi connectivity index (χ1) is 2.39. The Kier molecular flexibility index (Phi) is 0.590. The van der Waals surface area contributed by atoms with Crippen molar-refractivity contribution in [2.45, 2.75) is 0 Å². The molecule has 0 aromatic carbocycles. The Labute approximate surface area is 36.1 Å². The van der Waals surface area contributed by atoms with Crippen LogP contribution in [0.3, 0.4) is 0 Å². The molecular weight excluding hydrogens is 108 g/mol. The summed E-state index contributed by atoms with van der Waals surface area (Å²) in [6, 6.07) is 0. The average Bonchev–Trinajstić information content (AvgIpc) is 1.30. The van der Waals surface area contributed by atoms with Crippen LogP contribution in [0.5, 0.6) is 0 Å². The van der Waals surface area contributed by atoms with Gasteiger partial charge in [0, 0.05) is 0 Å². The summed E-state index contributed by atoms with van der Waals surface area (Å²) >= 11 is 1.77. The van der Waals surface area contributed by atoms with Crippen LogP contribution in [0.25, 0.3) is 0 Å². The van der Waals surface area contributed by atoms with Crippen molar-refractivity contribution in [3.8, 4) is 0 Å². The van der Waals surface area contributed by atoms with Gasteiger partial charge in [-0.05, 0) is 0 Å². The molecule has 1 aromatic rings. The normalized spacial score (nSPS) is 8.80. The van der Waals surface area contributed by atoms with Gasteiger partial charge < -0.3 is 3.28 Å². The van der Waals surface area contributed by atoms with E-state index in [-0.39, 0.29) is 4.06 Å². The monoisotopic (exact) mass is 108 g/mol. The molecule has 0 aliphatic carbocycles. The second kappa shape index (κ2) is 0.948. The van der Waals surface area contributed by atoms with Gasteiger partial charge in [0.25, 0.3) is 0 Å². The first-order valence-corrected chi connectivity index (χ1v) is 2.43. The summed E-state index contributed by atoms with van der Waals surface area (Å²) in [7, 11) is 0. The zero-order chi connectivity index (χ0) is 3.70. The van der Waals surface area contributed by atoms with Crippen LogP contribution in [0.4, 0.5) is 0 Å². The first-order valence-electron chi connectivity index (χ1n) is 0.946. The van der Waals surface area contributed by atoms with E-state index in [4.69, 9.17) is 0 Å². The Hall–Kier alpha value is -0.0900. The van der Waals surface area contributed by atoms with Gasteiger partial charge in [-0.15, -0.1) is 0 Å². The largest absolute Gasteiger partial charge is 0.356 e. The van der Waals surface area contributed by atoms with Gasteiger partial charge in [0.2, 0.25) is 0 Å². The van der Waals surface area contributed by atoms with Gasteiger partial charge in [0.15, 0.2) is 0 Å². The molecule has 28 valence electrons. The van der Waals surface area contributed by atoms with Crippen LogP contribution in [0.2, 0.25) is 0 Å². The molecule has 0 unspecified atom stereocenters. The quantitative estimate of drug-likeness (QED) is 0.491. The maximum atomic E-state index is 9.70. The van der Waals surface area contributed by atoms with Gasteiger partial charge in [-0.1, -0.05) is 0 Å². The van der Waals surface area contributed by atoms with Crippen molar-refractivity contribution < 1.29 is 3.28 Å². The molecule has 0 N–H and O–H groups in total. The van der Waals surface area contributed by atoms with Crippen molar-refractivity contribution in [3.05, 3.63) is 8.85 Å². The van der Waals surface area contributed by atoms with Gasteiger partial charge in [0.1, 0.15) is 23.3 Å². The van der Waals surface area contributed by atoms with Gasteiger partial charge in [0.05, 0.1) is 0 Å². The van der Waals surface area contributed by atoms with Crippen LogP contribution in [-0.4, -0.2) is 0 Å². The van der Waals surface area contributed by atoms with Crippen molar-refractivity contribution in [2.24, 2.45) is 0 Å². The fourth-order valence-electron chi connectivity index (χ4n) is 0.0618. The number of hydrogen-bond donors (Lipinski definition) is 0. The molecule has 1 heterocycles. The van der Waals surface area contributed by atoms with Crippen molar-refractivity contribution in [3.63, 3.8) is 0 Å². The fraction of sp³-hybridized carbons (Fsp3) is 0. The Morgan fingerprint density at radius 2 is 2.00 bits per heavy atom. The highest BCUT2D eigenvalue weighted by atomic mass is 32.2. The molecule has 0 atom stereocenters. The average molecular weight is 108 g/mol. The van der Waals surface area contributed by atoms with E-state index in [1.807, 2.05) is 0 Å². The van der Waals surface area contributed by atoms with Crippen LogP contribution in [0.15, 0.2) is 8.08 Å². The van der Waals surface area contributed by atoms with Crippen LogP contribution in [-0.2, 0) is 0 Å². The third kappa shape index (κ3) is 0.408. The predicted octanol–water partition coefficient (Wildman–Crippen LogP) is 0.763. The highest BCUT2D eigenvalue weighted by Gasteiger charge is 1.82. The molecule has 5 heavy (non-hydrogen) atoms. The topological polar surface area (TPSA) is 30.2 Å². The molecule has 0 aliphatic heterocycles. The zero-order valence-corrected chi connectivity index (χ0v) is 3.77. The summed E-state index contributed by atoms with van der Waals surface area (Å²) in [6.45, 7) is 0. The van der Waals surface area contributed by atoms with Gasteiger partial charge in [-0.25, -0.2) is 0 Å². The highest BCUT2D eigenvalue weighted by molar-refractivity contribution is 7.24. The zero-order valence-electron chi connectivity index (χ0n) is 2.13. The lowest BCUT2D eigenvalue weighted by atomic mass is 11.8. The van der Waals surface area contributed by atoms with Crippen molar-refractivity contribution >= 4 is 23.3 Å². The van der Waals surface area contributed by atoms with Crippen molar-refractivity contribution in [1.82, 2.24) is 0 Å². The SMILES string of the molecule is O=c1sos1. The lowest BCUT2D eigenvalue weighted by Gasteiger charge is -1.67. The summed E-state index contributed by atoms with van der Waals surface area (Å²) < 4.78 is 4.36. The van der Waals surface area contributed by atoms with Crippen LogP contribution in [0.1, 0.15) is 0 Å². The Morgan fingerprint density at radius 1 is 1.60 bits per heavy atom. The highest BCUT2D eigenvalue weighted by Crippen LogP contribution is 1.92. The van der Waals surface area contributed by atoms with Crippen molar-refractivity contribution in [2.75, 3.05) is 0 Å². The summed E-state index contributed by atoms with van der Waals surface area (Å²) in [4.78, 5) is 9.70. The minimum Gasteiger partial charge on any atom is -0.334 e. The number of hydrogen-bond acceptors (Lipinski definition) is 4. The predicted molar refractivity (Wildman–Crippen MR) is 20.7 cm³/mol. The maximum absolute atomic E-state index is 9.70. The van der Waals surface area contributed by atoms with E-state index < -0.39 is 0 Å². The lowest BCUT2D eigenvalue weighted by Crippen LogP contribution is -1.82. The summed E-state index contributed by atoms with van der Waals surface area (Å²) in [5.41, 5.74) is 0. The second-order valence-electron chi connectivity index (χ2n) is 0.485. The standard InChI is InChI=1S/CO2S2/c2-1-4-3-5-1. The summed E-state index contributed by atoms with van der Waals surface area (Å²) in [6.07, 6.45) is 0. The second-order valence-corrected chi connectivity index (χ2v) is 2.36. The molecule has 0 fully saturated rings. The lowest BCUT2D eigenvalue weighted by molar-refractivity contribution is 0.825. The van der Waals surface area contributed by atoms with E-state index in [0.29, 0.717) is 0 Å². The molecule has 0 aliphatic rings. The van der Waals surface area contributed by atoms with Crippen LogP contribution < -0.4 is 4.06 Å². The van der Waals surface area contributed by atoms with E-state index >= 15 is 0 Å². The molecule has 1 rings (SSSR count). The molecule has 4 heteroatoms. The minimum atomic E-state index is 0.0463. The number of rotatable bonds is 0. The van der Waals surface area contributed by atoms with E-state index in [9.17, 15) is 4.79 Å². The minimum absolute atomic E-state index is 0.0463. The molecule has 0 amide bonds. The molecule has 0 saturated heterocycles. The van der Waals surface area contributed by atoms with Crippen molar-refractivity contribution in [1.29, 1.82) is 0 Å². The molecule has 0 spiro atoms. The van der Waals surface area contributed by atoms with Gasteiger partial charge in [-0.2, -0.15) is 0 Å². The molecule has 1 aromatic heterocycles. The fourth-order valence-corrected chi connectivity index (χ4v) is 0.556. The first kappa shape index (κ1) is 3.11.